The number of amides is 3. The lowest BCUT2D eigenvalue weighted by Crippen LogP contribution is -2.59. The average Bonchev–Trinajstić information content (AvgIpc) is 3.30. The number of piperazine rings is 1. The number of ether oxygens (including phenoxy) is 1. The van der Waals surface area contributed by atoms with Gasteiger partial charge in [-0.3, -0.25) is 10.3 Å². The highest BCUT2D eigenvalue weighted by atomic mass is 32.1. The molecule has 1 saturated heterocycles. The zero-order chi connectivity index (χ0) is 28.3. The first-order valence-corrected chi connectivity index (χ1v) is 13.4. The van der Waals surface area contributed by atoms with Crippen molar-refractivity contribution < 1.29 is 19.4 Å². The van der Waals surface area contributed by atoms with E-state index in [1.807, 2.05) is 32.0 Å². The van der Waals surface area contributed by atoms with Crippen LogP contribution >= 0.6 is 11.3 Å². The van der Waals surface area contributed by atoms with Gasteiger partial charge < -0.3 is 19.6 Å². The van der Waals surface area contributed by atoms with Crippen molar-refractivity contribution in [2.45, 2.75) is 46.3 Å². The highest BCUT2D eigenvalue weighted by molar-refractivity contribution is 7.19. The number of hydrogen-bond donors (Lipinski definition) is 2. The van der Waals surface area contributed by atoms with Gasteiger partial charge in [0.05, 0.1) is 34.9 Å². The number of urea groups is 1. The van der Waals surface area contributed by atoms with E-state index in [1.165, 1.54) is 21.1 Å². The van der Waals surface area contributed by atoms with Gasteiger partial charge in [0.25, 0.3) is 0 Å². The van der Waals surface area contributed by atoms with Gasteiger partial charge >= 0.3 is 12.1 Å². The third-order valence-electron chi connectivity index (χ3n) is 6.06. The Kier molecular flexibility index (Phi) is 8.18. The van der Waals surface area contributed by atoms with E-state index in [0.29, 0.717) is 16.4 Å². The standard InChI is InChI=1S/C28H32N6O4S/c1-17-11-21(12-18(2)30-17)24-23(20-8-6-7-19(13-20)14-29)31-25(39-24)32-26(36)34-10-9-33(15-22(34)16-35)27(37)38-28(3,4)5/h6-8,11-13,22,35H,9-10,15-16H2,1-5H3,(H,31,32,36)/t22-/m0/s1. The van der Waals surface area contributed by atoms with E-state index in [-0.39, 0.29) is 26.2 Å². The van der Waals surface area contributed by atoms with Crippen molar-refractivity contribution in [3.63, 3.8) is 0 Å². The fourth-order valence-electron chi connectivity index (χ4n) is 4.40. The molecule has 3 heterocycles. The van der Waals surface area contributed by atoms with Crippen LogP contribution in [0.5, 0.6) is 0 Å². The van der Waals surface area contributed by atoms with Gasteiger partial charge in [-0.15, -0.1) is 0 Å². The van der Waals surface area contributed by atoms with Crippen molar-refractivity contribution in [2.75, 3.05) is 31.6 Å². The fraction of sp³-hybridized carbons (Fsp3) is 0.393. The molecular formula is C28H32N6O4S. The Morgan fingerprint density at radius 2 is 1.87 bits per heavy atom. The molecule has 0 unspecified atom stereocenters. The molecule has 3 amide bonds. The van der Waals surface area contributed by atoms with E-state index < -0.39 is 23.8 Å². The lowest BCUT2D eigenvalue weighted by atomic mass is 10.0. The predicted molar refractivity (Wildman–Crippen MR) is 149 cm³/mol. The summed E-state index contributed by atoms with van der Waals surface area (Å²) in [5.74, 6) is 0. The van der Waals surface area contributed by atoms with Crippen molar-refractivity contribution in [3.05, 3.63) is 53.3 Å². The van der Waals surface area contributed by atoms with Crippen molar-refractivity contribution >= 4 is 28.6 Å². The van der Waals surface area contributed by atoms with Crippen LogP contribution in [-0.2, 0) is 4.74 Å². The smallest absolute Gasteiger partial charge is 0.410 e. The molecular weight excluding hydrogens is 516 g/mol. The van der Waals surface area contributed by atoms with Crippen LogP contribution < -0.4 is 5.32 Å². The maximum Gasteiger partial charge on any atom is 0.410 e. The number of aliphatic hydroxyl groups is 1. The zero-order valence-corrected chi connectivity index (χ0v) is 23.5. The van der Waals surface area contributed by atoms with Gasteiger partial charge in [-0.2, -0.15) is 5.26 Å². The number of aliphatic hydroxyl groups excluding tert-OH is 1. The molecule has 0 saturated carbocycles. The van der Waals surface area contributed by atoms with Crippen LogP contribution in [0.3, 0.4) is 0 Å². The quantitative estimate of drug-likeness (QED) is 0.478. The van der Waals surface area contributed by atoms with Crippen molar-refractivity contribution in [1.29, 1.82) is 5.26 Å². The summed E-state index contributed by atoms with van der Waals surface area (Å²) in [6.07, 6.45) is -0.474. The fourth-order valence-corrected chi connectivity index (χ4v) is 5.37. The molecule has 2 N–H and O–H groups in total. The van der Waals surface area contributed by atoms with Gasteiger partial charge in [-0.25, -0.2) is 14.6 Å². The molecule has 1 fully saturated rings. The molecule has 204 valence electrons. The Balaban J connectivity index is 1.60. The maximum atomic E-state index is 13.3. The topological polar surface area (TPSA) is 132 Å². The van der Waals surface area contributed by atoms with Gasteiger partial charge in [0.2, 0.25) is 0 Å². The summed E-state index contributed by atoms with van der Waals surface area (Å²) in [5.41, 5.74) is 3.89. The number of hydrogen-bond acceptors (Lipinski definition) is 8. The molecule has 0 bridgehead atoms. The summed E-state index contributed by atoms with van der Waals surface area (Å²) in [4.78, 5) is 38.9. The number of thiazole rings is 1. The second-order valence-corrected chi connectivity index (χ2v) is 11.4. The Morgan fingerprint density at radius 3 is 2.51 bits per heavy atom. The van der Waals surface area contributed by atoms with E-state index in [2.05, 4.69) is 16.4 Å². The zero-order valence-electron chi connectivity index (χ0n) is 22.7. The van der Waals surface area contributed by atoms with E-state index in [4.69, 9.17) is 9.72 Å². The molecule has 2 aromatic heterocycles. The van der Waals surface area contributed by atoms with Gasteiger partial charge in [0.1, 0.15) is 5.60 Å². The molecule has 1 aliphatic rings. The monoisotopic (exact) mass is 548 g/mol. The molecule has 11 heteroatoms. The van der Waals surface area contributed by atoms with Crippen LogP contribution in [-0.4, -0.2) is 74.9 Å². The third kappa shape index (κ3) is 6.71. The van der Waals surface area contributed by atoms with Crippen LogP contribution in [0.4, 0.5) is 14.7 Å². The van der Waals surface area contributed by atoms with Gasteiger partial charge in [0, 0.05) is 36.6 Å². The van der Waals surface area contributed by atoms with Gasteiger partial charge in [0.15, 0.2) is 5.13 Å². The number of nitrogens with zero attached hydrogens (tertiary/aromatic N) is 5. The third-order valence-corrected chi connectivity index (χ3v) is 7.08. The number of pyridine rings is 1. The Morgan fingerprint density at radius 1 is 1.15 bits per heavy atom. The number of nitriles is 1. The van der Waals surface area contributed by atoms with Crippen LogP contribution in [0.1, 0.15) is 37.7 Å². The number of carbonyl (C=O) groups is 2. The molecule has 0 aliphatic carbocycles. The lowest BCUT2D eigenvalue weighted by molar-refractivity contribution is 0.00415. The van der Waals surface area contributed by atoms with Crippen LogP contribution in [0, 0.1) is 25.2 Å². The van der Waals surface area contributed by atoms with Crippen molar-refractivity contribution in [2.24, 2.45) is 0 Å². The molecule has 10 nitrogen and oxygen atoms in total. The SMILES string of the molecule is Cc1cc(-c2sc(NC(=O)N3CCN(C(=O)OC(C)(C)C)C[C@H]3CO)nc2-c2cccc(C#N)c2)cc(C)n1. The van der Waals surface area contributed by atoms with Gasteiger partial charge in [-0.05, 0) is 64.4 Å². The van der Waals surface area contributed by atoms with E-state index in [9.17, 15) is 20.0 Å². The summed E-state index contributed by atoms with van der Waals surface area (Å²) in [6.45, 7) is 9.57. The highest BCUT2D eigenvalue weighted by Gasteiger charge is 2.34. The summed E-state index contributed by atoms with van der Waals surface area (Å²) in [5, 5.41) is 22.7. The van der Waals surface area contributed by atoms with E-state index in [0.717, 1.165) is 27.4 Å². The minimum Gasteiger partial charge on any atom is -0.444 e. The second kappa shape index (κ2) is 11.4. The molecule has 0 radical (unpaired) electrons. The molecule has 1 aliphatic heterocycles. The molecule has 1 aromatic carbocycles. The first kappa shape index (κ1) is 28.0. The van der Waals surface area contributed by atoms with Crippen molar-refractivity contribution in [1.82, 2.24) is 19.8 Å². The molecule has 39 heavy (non-hydrogen) atoms. The Bertz CT molecular complexity index is 1400. The van der Waals surface area contributed by atoms with Crippen molar-refractivity contribution in [3.8, 4) is 27.8 Å². The molecule has 1 atom stereocenters. The Labute approximate surface area is 231 Å². The lowest BCUT2D eigenvalue weighted by Gasteiger charge is -2.40. The number of benzene rings is 1. The predicted octanol–water partition coefficient (Wildman–Crippen LogP) is 4.81. The van der Waals surface area contributed by atoms with Crippen LogP contribution in [0.15, 0.2) is 36.4 Å². The summed E-state index contributed by atoms with van der Waals surface area (Å²) in [7, 11) is 0. The van der Waals surface area contributed by atoms with E-state index in [1.54, 1.807) is 39.0 Å². The maximum absolute atomic E-state index is 13.3. The Hall–Kier alpha value is -4.01. The molecule has 0 spiro atoms. The summed E-state index contributed by atoms with van der Waals surface area (Å²) < 4.78 is 5.45. The number of anilines is 1. The summed E-state index contributed by atoms with van der Waals surface area (Å²) >= 11 is 1.32. The first-order chi connectivity index (χ1) is 18.5. The van der Waals surface area contributed by atoms with Crippen LogP contribution in [0.2, 0.25) is 0 Å². The highest BCUT2D eigenvalue weighted by Crippen LogP contribution is 2.40. The van der Waals surface area contributed by atoms with E-state index >= 15 is 0 Å². The van der Waals surface area contributed by atoms with Gasteiger partial charge in [-0.1, -0.05) is 23.5 Å². The number of aryl methyl sites for hydroxylation is 2. The van der Waals surface area contributed by atoms with Crippen LogP contribution in [0.25, 0.3) is 21.7 Å². The molecule has 3 aromatic rings. The minimum absolute atomic E-state index is 0.156. The number of carbonyl (C=O) groups excluding carboxylic acids is 2. The number of nitrogens with one attached hydrogen (secondary N) is 1. The minimum atomic E-state index is -0.640. The summed E-state index contributed by atoms with van der Waals surface area (Å²) in [6, 6.07) is 12.2. The number of aromatic nitrogens is 2. The largest absolute Gasteiger partial charge is 0.444 e. The second-order valence-electron chi connectivity index (χ2n) is 10.4. The normalized spacial score (nSPS) is 15.6. The average molecular weight is 549 g/mol. The number of rotatable bonds is 4. The molecule has 4 rings (SSSR count). The first-order valence-electron chi connectivity index (χ1n) is 12.6.